The number of pyridine rings is 2. The fraction of sp³-hybridized carbons (Fsp3) is 0.0968. The lowest BCUT2D eigenvalue weighted by Crippen LogP contribution is -2.25. The highest BCUT2D eigenvalue weighted by atomic mass is 32.1. The minimum absolute atomic E-state index is 0.0715. The third kappa shape index (κ3) is 5.49. The Morgan fingerprint density at radius 1 is 0.854 bits per heavy atom. The first-order chi connectivity index (χ1) is 19.7. The number of aromatic nitrogens is 2. The number of hydrogen-bond donors (Lipinski definition) is 3. The first-order valence-corrected chi connectivity index (χ1v) is 15.1. The molecule has 1 unspecified atom stereocenters. The summed E-state index contributed by atoms with van der Waals surface area (Å²) in [6.45, 7) is 4.23. The van der Waals surface area contributed by atoms with Crippen LogP contribution in [0.1, 0.15) is 38.9 Å². The number of nitrogens with one attached hydrogen (secondary N) is 1. The normalized spacial score (nSPS) is 14.7. The molecule has 0 saturated carbocycles. The van der Waals surface area contributed by atoms with Gasteiger partial charge in [0.25, 0.3) is 0 Å². The average Bonchev–Trinajstić information content (AvgIpc) is 3.72. The highest BCUT2D eigenvalue weighted by molar-refractivity contribution is 7.27. The molecule has 0 aromatic carbocycles. The summed E-state index contributed by atoms with van der Waals surface area (Å²) in [5, 5.41) is 24.6. The monoisotopic (exact) mass is 597 g/mol. The predicted molar refractivity (Wildman–Crippen MR) is 164 cm³/mol. The summed E-state index contributed by atoms with van der Waals surface area (Å²) in [4.78, 5) is 38.3. The van der Waals surface area contributed by atoms with Crippen molar-refractivity contribution < 1.29 is 19.8 Å². The predicted octanol–water partition coefficient (Wildman–Crippen LogP) is 7.67. The average molecular weight is 598 g/mol. The lowest BCUT2D eigenvalue weighted by Gasteiger charge is -2.23. The minimum atomic E-state index is -1.09. The molecule has 204 valence electrons. The van der Waals surface area contributed by atoms with E-state index in [1.54, 1.807) is 40.2 Å². The van der Waals surface area contributed by atoms with Gasteiger partial charge in [0.1, 0.15) is 0 Å². The van der Waals surface area contributed by atoms with Crippen molar-refractivity contribution in [3.05, 3.63) is 112 Å². The molecular formula is C31H23N3O4S3. The Labute approximate surface area is 247 Å². The summed E-state index contributed by atoms with van der Waals surface area (Å²) in [6, 6.07) is 14.8. The summed E-state index contributed by atoms with van der Waals surface area (Å²) < 4.78 is 0. The van der Waals surface area contributed by atoms with Gasteiger partial charge in [-0.3, -0.25) is 9.97 Å². The fourth-order valence-corrected chi connectivity index (χ4v) is 7.93. The number of nitrogens with zero attached hydrogens (tertiary/aromatic N) is 2. The molecule has 0 fully saturated rings. The van der Waals surface area contributed by atoms with E-state index in [4.69, 9.17) is 0 Å². The third-order valence-electron chi connectivity index (χ3n) is 6.59. The van der Waals surface area contributed by atoms with Crippen LogP contribution in [-0.2, 0) is 4.79 Å². The molecule has 1 atom stereocenters. The van der Waals surface area contributed by atoms with E-state index >= 15 is 0 Å². The zero-order valence-electron chi connectivity index (χ0n) is 21.9. The van der Waals surface area contributed by atoms with Crippen LogP contribution in [0.5, 0.6) is 0 Å². The van der Waals surface area contributed by atoms with E-state index in [9.17, 15) is 19.8 Å². The van der Waals surface area contributed by atoms with Gasteiger partial charge in [-0.2, -0.15) is 0 Å². The number of carbonyl (C=O) groups is 2. The van der Waals surface area contributed by atoms with Crippen molar-refractivity contribution >= 4 is 51.6 Å². The van der Waals surface area contributed by atoms with Crippen molar-refractivity contribution in [1.82, 2.24) is 15.3 Å². The van der Waals surface area contributed by atoms with Crippen LogP contribution in [-0.4, -0.2) is 32.1 Å². The van der Waals surface area contributed by atoms with Crippen molar-refractivity contribution in [2.45, 2.75) is 19.9 Å². The van der Waals surface area contributed by atoms with Gasteiger partial charge in [0.05, 0.1) is 34.3 Å². The Hall–Kier alpha value is -4.38. The van der Waals surface area contributed by atoms with Crippen LogP contribution in [0.15, 0.2) is 84.0 Å². The number of aromatic carboxylic acids is 1. The van der Waals surface area contributed by atoms with E-state index in [0.29, 0.717) is 17.1 Å². The largest absolute Gasteiger partial charge is 0.478 e. The van der Waals surface area contributed by atoms with Gasteiger partial charge in [-0.15, -0.1) is 34.0 Å². The summed E-state index contributed by atoms with van der Waals surface area (Å²) >= 11 is 5.27. The lowest BCUT2D eigenvalue weighted by atomic mass is 10.00. The molecule has 3 N–H and O–H groups in total. The molecule has 1 aliphatic rings. The van der Waals surface area contributed by atoms with Crippen LogP contribution in [0, 0.1) is 13.8 Å². The zero-order chi connectivity index (χ0) is 28.7. The smallest absolute Gasteiger partial charge is 0.335 e. The maximum atomic E-state index is 12.0. The molecule has 6 heterocycles. The van der Waals surface area contributed by atoms with E-state index < -0.39 is 18.0 Å². The number of carboxylic acids is 2. The van der Waals surface area contributed by atoms with Crippen molar-refractivity contribution in [2.24, 2.45) is 0 Å². The molecule has 0 spiro atoms. The van der Waals surface area contributed by atoms with Gasteiger partial charge in [0.2, 0.25) is 0 Å². The van der Waals surface area contributed by atoms with Gasteiger partial charge in [0.15, 0.2) is 0 Å². The number of thiophene rings is 3. The Kier molecular flexibility index (Phi) is 7.12. The van der Waals surface area contributed by atoms with E-state index in [1.807, 2.05) is 12.1 Å². The molecule has 0 radical (unpaired) electrons. The second-order valence-electron chi connectivity index (χ2n) is 9.59. The topological polar surface area (TPSA) is 112 Å². The maximum absolute atomic E-state index is 12.0. The van der Waals surface area contributed by atoms with Gasteiger partial charge in [0, 0.05) is 36.8 Å². The standard InChI is InChI=1S/C31H23N3O4S3/c1-16-9-28(39-15-16)25-3-4-26(40-25)29-17(2)10-27(41-29)18-5-7-32-21(11-18)23-13-20(31(37)38)14-24(34-23)22-12-19(30(35)36)6-8-33-22/h3-15,24,34H,1-2H3,(H,35,36)(H,37,38). The third-order valence-corrected chi connectivity index (χ3v) is 10.4. The maximum Gasteiger partial charge on any atom is 0.335 e. The summed E-state index contributed by atoms with van der Waals surface area (Å²) in [6.07, 6.45) is 6.17. The van der Waals surface area contributed by atoms with Gasteiger partial charge in [-0.05, 0) is 96.6 Å². The molecule has 0 bridgehead atoms. The number of aliphatic carboxylic acids is 1. The Morgan fingerprint density at radius 2 is 1.66 bits per heavy atom. The summed E-state index contributed by atoms with van der Waals surface area (Å²) in [7, 11) is 0. The van der Waals surface area contributed by atoms with Crippen molar-refractivity contribution in [2.75, 3.05) is 0 Å². The lowest BCUT2D eigenvalue weighted by molar-refractivity contribution is -0.132. The van der Waals surface area contributed by atoms with Gasteiger partial charge in [-0.25, -0.2) is 9.59 Å². The Bertz CT molecular complexity index is 1880. The van der Waals surface area contributed by atoms with Crippen molar-refractivity contribution in [1.29, 1.82) is 0 Å². The van der Waals surface area contributed by atoms with Crippen molar-refractivity contribution in [3.8, 4) is 29.9 Å². The first-order valence-electron chi connectivity index (χ1n) is 12.6. The molecule has 0 saturated heterocycles. The van der Waals surface area contributed by atoms with E-state index in [-0.39, 0.29) is 11.1 Å². The highest BCUT2D eigenvalue weighted by Crippen LogP contribution is 2.44. The number of rotatable bonds is 7. The molecule has 7 nitrogen and oxygen atoms in total. The van der Waals surface area contributed by atoms with Crippen LogP contribution in [0.4, 0.5) is 0 Å². The first kappa shape index (κ1) is 26.8. The summed E-state index contributed by atoms with van der Waals surface area (Å²) in [5.41, 5.74) is 5.07. The molecule has 0 aliphatic carbocycles. The molecule has 10 heteroatoms. The molecule has 1 aliphatic heterocycles. The van der Waals surface area contributed by atoms with Crippen molar-refractivity contribution in [3.63, 3.8) is 0 Å². The van der Waals surface area contributed by atoms with E-state index in [2.05, 4.69) is 58.8 Å². The fourth-order valence-electron chi connectivity index (χ4n) is 4.58. The molecule has 5 aromatic heterocycles. The van der Waals surface area contributed by atoms with Gasteiger partial charge < -0.3 is 15.5 Å². The SMILES string of the molecule is Cc1csc(-c2ccc(-c3sc(-c4ccnc(C5=CC(C(=O)O)=CC(c6cc(C(=O)O)ccn6)N5)c4)cc3C)s2)c1. The Morgan fingerprint density at radius 3 is 2.41 bits per heavy atom. The molecule has 5 aromatic rings. The highest BCUT2D eigenvalue weighted by Gasteiger charge is 2.23. The van der Waals surface area contributed by atoms with Crippen LogP contribution in [0.3, 0.4) is 0 Å². The molecule has 0 amide bonds. The Balaban J connectivity index is 1.31. The second-order valence-corrected chi connectivity index (χ2v) is 12.6. The zero-order valence-corrected chi connectivity index (χ0v) is 24.4. The number of aryl methyl sites for hydroxylation is 2. The minimum Gasteiger partial charge on any atom is -0.478 e. The molecule has 41 heavy (non-hydrogen) atoms. The van der Waals surface area contributed by atoms with Crippen LogP contribution >= 0.6 is 34.0 Å². The quantitative estimate of drug-likeness (QED) is 0.176. The van der Waals surface area contributed by atoms with Crippen LogP contribution < -0.4 is 5.32 Å². The van der Waals surface area contributed by atoms with Gasteiger partial charge >= 0.3 is 11.9 Å². The van der Waals surface area contributed by atoms with E-state index in [1.165, 1.54) is 61.1 Å². The van der Waals surface area contributed by atoms with Crippen LogP contribution in [0.25, 0.3) is 35.6 Å². The summed E-state index contributed by atoms with van der Waals surface area (Å²) in [5.74, 6) is -2.17. The second kappa shape index (κ2) is 10.9. The number of carboxylic acid groups (broad SMARTS) is 2. The molecular weight excluding hydrogens is 575 g/mol. The van der Waals surface area contributed by atoms with E-state index in [0.717, 1.165) is 10.4 Å². The number of hydrogen-bond acceptors (Lipinski definition) is 8. The number of dihydropyridines is 1. The molecule has 6 rings (SSSR count). The van der Waals surface area contributed by atoms with Crippen LogP contribution in [0.2, 0.25) is 0 Å². The van der Waals surface area contributed by atoms with Gasteiger partial charge in [-0.1, -0.05) is 0 Å².